The van der Waals surface area contributed by atoms with Gasteiger partial charge in [-0.05, 0) is 19.1 Å². The number of hydrogen-bond donors (Lipinski definition) is 1. The molecule has 0 aliphatic heterocycles. The zero-order chi connectivity index (χ0) is 13.1. The first-order valence-electron chi connectivity index (χ1n) is 4.99. The molecule has 0 bridgehead atoms. The molecule has 2 aromatic rings. The predicted octanol–water partition coefficient (Wildman–Crippen LogP) is 3.17. The van der Waals surface area contributed by atoms with E-state index < -0.39 is 5.97 Å². The van der Waals surface area contributed by atoms with Crippen molar-refractivity contribution in [1.29, 1.82) is 5.26 Å². The monoisotopic (exact) mass is 276 g/mol. The zero-order valence-electron chi connectivity index (χ0n) is 9.38. The van der Waals surface area contributed by atoms with Crippen molar-refractivity contribution in [2.24, 2.45) is 0 Å². The molecule has 90 valence electrons. The van der Waals surface area contributed by atoms with E-state index in [2.05, 4.69) is 11.1 Å². The number of hydrogen-bond acceptors (Lipinski definition) is 5. The summed E-state index contributed by atoms with van der Waals surface area (Å²) in [5.74, 6) is -0.967. The van der Waals surface area contributed by atoms with Gasteiger partial charge < -0.3 is 5.11 Å². The van der Waals surface area contributed by atoms with E-state index in [0.29, 0.717) is 15.6 Å². The van der Waals surface area contributed by atoms with Gasteiger partial charge in [-0.1, -0.05) is 23.9 Å². The maximum absolute atomic E-state index is 10.9. The standard InChI is InChI=1S/C12H8N2O2S2/c1-7-10(11(15)16)18-12(14-7)17-9-5-3-2-4-8(9)6-13/h2-5H,1H3,(H,15,16). The first kappa shape index (κ1) is 12.6. The van der Waals surface area contributed by atoms with Crippen LogP contribution in [0.5, 0.6) is 0 Å². The average Bonchev–Trinajstić information content (AvgIpc) is 2.71. The number of carbonyl (C=O) groups is 1. The van der Waals surface area contributed by atoms with Gasteiger partial charge in [-0.2, -0.15) is 5.26 Å². The Morgan fingerprint density at radius 3 is 2.83 bits per heavy atom. The molecule has 0 fully saturated rings. The number of benzene rings is 1. The molecule has 2 rings (SSSR count). The van der Waals surface area contributed by atoms with Crippen LogP contribution in [0, 0.1) is 18.3 Å². The number of aromatic carboxylic acids is 1. The van der Waals surface area contributed by atoms with Crippen molar-refractivity contribution in [3.05, 3.63) is 40.4 Å². The molecule has 0 saturated carbocycles. The van der Waals surface area contributed by atoms with Crippen molar-refractivity contribution in [3.8, 4) is 6.07 Å². The first-order chi connectivity index (χ1) is 8.61. The van der Waals surface area contributed by atoms with Gasteiger partial charge in [0.05, 0.1) is 11.3 Å². The fourth-order valence-corrected chi connectivity index (χ4v) is 3.42. The Bertz CT molecular complexity index is 644. The van der Waals surface area contributed by atoms with E-state index in [-0.39, 0.29) is 4.88 Å². The third kappa shape index (κ3) is 2.53. The number of aryl methyl sites for hydroxylation is 1. The number of aromatic nitrogens is 1. The van der Waals surface area contributed by atoms with Crippen molar-refractivity contribution in [1.82, 2.24) is 4.98 Å². The molecule has 1 N–H and O–H groups in total. The third-order valence-electron chi connectivity index (χ3n) is 2.18. The summed E-state index contributed by atoms with van der Waals surface area (Å²) in [6, 6.07) is 9.27. The normalized spacial score (nSPS) is 10.0. The minimum absolute atomic E-state index is 0.243. The molecule has 0 radical (unpaired) electrons. The Balaban J connectivity index is 2.32. The quantitative estimate of drug-likeness (QED) is 0.932. The summed E-state index contributed by atoms with van der Waals surface area (Å²) in [5.41, 5.74) is 1.07. The molecule has 4 nitrogen and oxygen atoms in total. The van der Waals surface area contributed by atoms with Crippen LogP contribution in [0.4, 0.5) is 0 Å². The summed E-state index contributed by atoms with van der Waals surface area (Å²) in [6.45, 7) is 1.67. The van der Waals surface area contributed by atoms with Gasteiger partial charge in [0.1, 0.15) is 10.9 Å². The van der Waals surface area contributed by atoms with Crippen LogP contribution in [-0.4, -0.2) is 16.1 Å². The summed E-state index contributed by atoms with van der Waals surface area (Å²) < 4.78 is 0.632. The third-order valence-corrected chi connectivity index (χ3v) is 4.46. The van der Waals surface area contributed by atoms with E-state index in [0.717, 1.165) is 16.2 Å². The molecule has 6 heteroatoms. The Labute approximate surface area is 112 Å². The highest BCUT2D eigenvalue weighted by Gasteiger charge is 2.15. The molecule has 0 aliphatic carbocycles. The molecule has 0 amide bonds. The average molecular weight is 276 g/mol. The van der Waals surface area contributed by atoms with Gasteiger partial charge in [-0.25, -0.2) is 9.78 Å². The molecule has 0 unspecified atom stereocenters. The van der Waals surface area contributed by atoms with E-state index >= 15 is 0 Å². The molecular weight excluding hydrogens is 268 g/mol. The Morgan fingerprint density at radius 2 is 2.22 bits per heavy atom. The molecule has 0 aliphatic rings. The second-order valence-electron chi connectivity index (χ2n) is 3.41. The fraction of sp³-hybridized carbons (Fsp3) is 0.0833. The Kier molecular flexibility index (Phi) is 3.65. The zero-order valence-corrected chi connectivity index (χ0v) is 11.0. The molecule has 0 spiro atoms. The molecule has 1 heterocycles. The lowest BCUT2D eigenvalue weighted by molar-refractivity contribution is 0.0701. The van der Waals surface area contributed by atoms with E-state index in [1.54, 1.807) is 19.1 Å². The van der Waals surface area contributed by atoms with Gasteiger partial charge in [-0.3, -0.25) is 0 Å². The molecular formula is C12H8N2O2S2. The van der Waals surface area contributed by atoms with Gasteiger partial charge in [0.2, 0.25) is 0 Å². The SMILES string of the molecule is Cc1nc(Sc2ccccc2C#N)sc1C(=O)O. The minimum Gasteiger partial charge on any atom is -0.477 e. The lowest BCUT2D eigenvalue weighted by Crippen LogP contribution is -1.94. The molecule has 1 aromatic heterocycles. The van der Waals surface area contributed by atoms with Crippen LogP contribution in [0.15, 0.2) is 33.5 Å². The summed E-state index contributed by atoms with van der Waals surface area (Å²) >= 11 is 2.44. The van der Waals surface area contributed by atoms with Gasteiger partial charge in [0, 0.05) is 4.90 Å². The molecule has 0 saturated heterocycles. The Hall–Kier alpha value is -1.84. The largest absolute Gasteiger partial charge is 0.477 e. The van der Waals surface area contributed by atoms with Crippen molar-refractivity contribution in [2.45, 2.75) is 16.2 Å². The number of rotatable bonds is 3. The summed E-state index contributed by atoms with van der Waals surface area (Å²) in [4.78, 5) is 16.1. The summed E-state index contributed by atoms with van der Waals surface area (Å²) in [7, 11) is 0. The van der Waals surface area contributed by atoms with Gasteiger partial charge >= 0.3 is 5.97 Å². The van der Waals surface area contributed by atoms with E-state index in [1.807, 2.05) is 12.1 Å². The number of carboxylic acid groups (broad SMARTS) is 1. The maximum Gasteiger partial charge on any atom is 0.347 e. The Morgan fingerprint density at radius 1 is 1.50 bits per heavy atom. The van der Waals surface area contributed by atoms with Crippen LogP contribution in [0.3, 0.4) is 0 Å². The molecule has 1 aromatic carbocycles. The van der Waals surface area contributed by atoms with Crippen molar-refractivity contribution < 1.29 is 9.90 Å². The maximum atomic E-state index is 10.9. The first-order valence-corrected chi connectivity index (χ1v) is 6.63. The number of nitrogens with zero attached hydrogens (tertiary/aromatic N) is 2. The van der Waals surface area contributed by atoms with Gasteiger partial charge in [0.25, 0.3) is 0 Å². The second-order valence-corrected chi connectivity index (χ2v) is 5.70. The van der Waals surface area contributed by atoms with Crippen molar-refractivity contribution in [2.75, 3.05) is 0 Å². The highest BCUT2D eigenvalue weighted by Crippen LogP contribution is 2.34. The molecule has 18 heavy (non-hydrogen) atoms. The van der Waals surface area contributed by atoms with Crippen LogP contribution in [-0.2, 0) is 0 Å². The number of carboxylic acids is 1. The lowest BCUT2D eigenvalue weighted by atomic mass is 10.2. The van der Waals surface area contributed by atoms with E-state index in [4.69, 9.17) is 10.4 Å². The highest BCUT2D eigenvalue weighted by molar-refractivity contribution is 8.01. The fourth-order valence-electron chi connectivity index (χ4n) is 1.36. The number of nitriles is 1. The smallest absolute Gasteiger partial charge is 0.347 e. The highest BCUT2D eigenvalue weighted by atomic mass is 32.2. The predicted molar refractivity (Wildman–Crippen MR) is 69.1 cm³/mol. The second kappa shape index (κ2) is 5.21. The lowest BCUT2D eigenvalue weighted by Gasteiger charge is -1.99. The van der Waals surface area contributed by atoms with E-state index in [9.17, 15) is 4.79 Å². The van der Waals surface area contributed by atoms with Crippen molar-refractivity contribution >= 4 is 29.1 Å². The molecule has 0 atom stereocenters. The van der Waals surface area contributed by atoms with Crippen LogP contribution in [0.1, 0.15) is 20.9 Å². The van der Waals surface area contributed by atoms with Crippen LogP contribution in [0.25, 0.3) is 0 Å². The van der Waals surface area contributed by atoms with Crippen molar-refractivity contribution in [3.63, 3.8) is 0 Å². The van der Waals surface area contributed by atoms with E-state index in [1.165, 1.54) is 11.8 Å². The van der Waals surface area contributed by atoms with Crippen LogP contribution in [0.2, 0.25) is 0 Å². The number of thiazole rings is 1. The van der Waals surface area contributed by atoms with Gasteiger partial charge in [0.15, 0.2) is 4.34 Å². The topological polar surface area (TPSA) is 74.0 Å². The van der Waals surface area contributed by atoms with Gasteiger partial charge in [-0.15, -0.1) is 11.3 Å². The summed E-state index contributed by atoms with van der Waals surface area (Å²) in [5, 5.41) is 17.9. The summed E-state index contributed by atoms with van der Waals surface area (Å²) in [6.07, 6.45) is 0. The van der Waals surface area contributed by atoms with Crippen LogP contribution >= 0.6 is 23.1 Å². The van der Waals surface area contributed by atoms with Crippen LogP contribution < -0.4 is 0 Å². The minimum atomic E-state index is -0.967.